The van der Waals surface area contributed by atoms with E-state index >= 15 is 0 Å². The first-order chi connectivity index (χ1) is 6.16. The van der Waals surface area contributed by atoms with Crippen molar-refractivity contribution in [1.29, 1.82) is 0 Å². The summed E-state index contributed by atoms with van der Waals surface area (Å²) < 4.78 is 26.1. The highest BCUT2D eigenvalue weighted by atomic mass is 32.2. The van der Waals surface area contributed by atoms with Gasteiger partial charge in [0.05, 0.1) is 0 Å². The van der Waals surface area contributed by atoms with Gasteiger partial charge in [0.15, 0.2) is 5.58 Å². The monoisotopic (exact) mass is 197 g/mol. The normalized spacial score (nSPS) is 13.3. The molecule has 2 rings (SSSR count). The van der Waals surface area contributed by atoms with Gasteiger partial charge in [-0.1, -0.05) is 0 Å². The van der Waals surface area contributed by atoms with E-state index in [-0.39, 0.29) is 10.9 Å². The molecule has 0 aliphatic rings. The van der Waals surface area contributed by atoms with Crippen molar-refractivity contribution in [3.05, 3.63) is 18.2 Å². The van der Waals surface area contributed by atoms with Gasteiger partial charge in [0.25, 0.3) is 6.01 Å². The molecule has 1 aromatic heterocycles. The second-order valence-corrected chi connectivity index (χ2v) is 3.36. The van der Waals surface area contributed by atoms with Crippen molar-refractivity contribution in [1.82, 2.24) is 4.98 Å². The SMILES string of the molecule is Nc1nc2ccc(S(=O)[O-])cc2o1. The highest BCUT2D eigenvalue weighted by Crippen LogP contribution is 2.19. The van der Waals surface area contributed by atoms with Crippen LogP contribution < -0.4 is 5.73 Å². The molecule has 68 valence electrons. The summed E-state index contributed by atoms with van der Waals surface area (Å²) in [7, 11) is 0. The van der Waals surface area contributed by atoms with Crippen LogP contribution in [0.1, 0.15) is 0 Å². The molecule has 0 radical (unpaired) electrons. The van der Waals surface area contributed by atoms with Gasteiger partial charge in [-0.2, -0.15) is 4.98 Å². The summed E-state index contributed by atoms with van der Waals surface area (Å²) >= 11 is -2.25. The highest BCUT2D eigenvalue weighted by molar-refractivity contribution is 7.79. The summed E-state index contributed by atoms with van der Waals surface area (Å²) in [6.07, 6.45) is 0. The van der Waals surface area contributed by atoms with E-state index in [9.17, 15) is 8.76 Å². The Hall–Kier alpha value is -1.40. The van der Waals surface area contributed by atoms with E-state index in [1.807, 2.05) is 0 Å². The Balaban J connectivity index is 2.67. The van der Waals surface area contributed by atoms with Crippen LogP contribution >= 0.6 is 0 Å². The van der Waals surface area contributed by atoms with Crippen molar-refractivity contribution >= 4 is 28.2 Å². The van der Waals surface area contributed by atoms with E-state index in [0.29, 0.717) is 11.1 Å². The molecule has 6 heteroatoms. The third-order valence-electron chi connectivity index (χ3n) is 1.57. The predicted octanol–water partition coefficient (Wildman–Crippen LogP) is 0.648. The van der Waals surface area contributed by atoms with Crippen molar-refractivity contribution in [2.75, 3.05) is 5.73 Å². The zero-order valence-electron chi connectivity index (χ0n) is 6.39. The zero-order chi connectivity index (χ0) is 9.42. The van der Waals surface area contributed by atoms with Crippen LogP contribution in [0.4, 0.5) is 6.01 Å². The minimum Gasteiger partial charge on any atom is -0.768 e. The number of hydrogen-bond acceptors (Lipinski definition) is 5. The minimum absolute atomic E-state index is 0.0313. The average Bonchev–Trinajstić information content (AvgIpc) is 2.42. The molecule has 0 fully saturated rings. The van der Waals surface area contributed by atoms with E-state index in [0.717, 1.165) is 0 Å². The van der Waals surface area contributed by atoms with Crippen molar-refractivity contribution in [3.63, 3.8) is 0 Å². The Morgan fingerprint density at radius 3 is 3.00 bits per heavy atom. The molecule has 0 saturated heterocycles. The van der Waals surface area contributed by atoms with E-state index in [2.05, 4.69) is 4.98 Å². The fourth-order valence-corrected chi connectivity index (χ4v) is 1.41. The van der Waals surface area contributed by atoms with Crippen LogP contribution in [0.15, 0.2) is 27.5 Å². The fourth-order valence-electron chi connectivity index (χ4n) is 1.03. The largest absolute Gasteiger partial charge is 0.768 e. The van der Waals surface area contributed by atoms with Gasteiger partial charge in [-0.15, -0.1) is 0 Å². The van der Waals surface area contributed by atoms with Gasteiger partial charge in [-0.25, -0.2) is 0 Å². The quantitative estimate of drug-likeness (QED) is 0.677. The lowest BCUT2D eigenvalue weighted by molar-refractivity contribution is 0.536. The number of anilines is 1. The standard InChI is InChI=1S/C7H6N2O3S/c8-7-9-5-2-1-4(13(10)11)3-6(5)12-7/h1-3H,(H2,8,9)(H,10,11)/p-1. The summed E-state index contributed by atoms with van der Waals surface area (Å²) in [6, 6.07) is 4.39. The first-order valence-corrected chi connectivity index (χ1v) is 4.49. The molecule has 1 aromatic carbocycles. The van der Waals surface area contributed by atoms with Crippen LogP contribution in [0.3, 0.4) is 0 Å². The second-order valence-electron chi connectivity index (χ2n) is 2.42. The van der Waals surface area contributed by atoms with Gasteiger partial charge >= 0.3 is 0 Å². The molecule has 5 nitrogen and oxygen atoms in total. The average molecular weight is 197 g/mol. The lowest BCUT2D eigenvalue weighted by Crippen LogP contribution is -1.86. The molecule has 2 aromatic rings. The summed E-state index contributed by atoms with van der Waals surface area (Å²) in [5, 5.41) is 0. The summed E-state index contributed by atoms with van der Waals surface area (Å²) in [5.74, 6) is 0. The third-order valence-corrected chi connectivity index (χ3v) is 2.21. The van der Waals surface area contributed by atoms with Crippen LogP contribution in [0, 0.1) is 0 Å². The van der Waals surface area contributed by atoms with Crippen LogP contribution in [-0.2, 0) is 11.1 Å². The maximum atomic E-state index is 10.6. The third kappa shape index (κ3) is 1.41. The molecular formula is C7H5N2O3S-. The number of nitrogens with zero attached hydrogens (tertiary/aromatic N) is 1. The van der Waals surface area contributed by atoms with Gasteiger partial charge < -0.3 is 14.7 Å². The van der Waals surface area contributed by atoms with Crippen LogP contribution in [0.2, 0.25) is 0 Å². The fraction of sp³-hybridized carbons (Fsp3) is 0. The van der Waals surface area contributed by atoms with E-state index in [1.165, 1.54) is 12.1 Å². The van der Waals surface area contributed by atoms with Gasteiger partial charge in [0.2, 0.25) is 0 Å². The van der Waals surface area contributed by atoms with Gasteiger partial charge in [0, 0.05) is 4.90 Å². The Morgan fingerprint density at radius 2 is 2.31 bits per heavy atom. The zero-order valence-corrected chi connectivity index (χ0v) is 7.21. The number of nitrogen functional groups attached to an aromatic ring is 1. The Morgan fingerprint density at radius 1 is 1.54 bits per heavy atom. The predicted molar refractivity (Wildman–Crippen MR) is 45.6 cm³/mol. The van der Waals surface area contributed by atoms with Crippen molar-refractivity contribution < 1.29 is 13.2 Å². The number of nitrogens with two attached hydrogens (primary N) is 1. The van der Waals surface area contributed by atoms with Crippen molar-refractivity contribution in [3.8, 4) is 0 Å². The van der Waals surface area contributed by atoms with Crippen molar-refractivity contribution in [2.45, 2.75) is 4.90 Å². The smallest absolute Gasteiger partial charge is 0.292 e. The summed E-state index contributed by atoms with van der Waals surface area (Å²) in [6.45, 7) is 0. The number of oxazole rings is 1. The molecule has 0 saturated carbocycles. The lowest BCUT2D eigenvalue weighted by atomic mass is 10.3. The number of aromatic nitrogens is 1. The molecule has 0 amide bonds. The molecule has 13 heavy (non-hydrogen) atoms. The second kappa shape index (κ2) is 2.82. The number of benzene rings is 1. The Bertz CT molecular complexity index is 480. The molecule has 1 unspecified atom stereocenters. The number of hydrogen-bond donors (Lipinski definition) is 1. The van der Waals surface area contributed by atoms with Crippen LogP contribution in [0.25, 0.3) is 11.1 Å². The first kappa shape index (κ1) is 8.21. The Kier molecular flexibility index (Phi) is 1.78. The minimum atomic E-state index is -2.25. The number of rotatable bonds is 1. The maximum absolute atomic E-state index is 10.6. The molecule has 0 aliphatic heterocycles. The summed E-state index contributed by atoms with van der Waals surface area (Å²) in [4.78, 5) is 3.98. The van der Waals surface area contributed by atoms with Crippen molar-refractivity contribution in [2.24, 2.45) is 0 Å². The van der Waals surface area contributed by atoms with E-state index in [4.69, 9.17) is 10.2 Å². The summed E-state index contributed by atoms with van der Waals surface area (Å²) in [5.41, 5.74) is 6.21. The maximum Gasteiger partial charge on any atom is 0.292 e. The Labute approximate surface area is 75.8 Å². The van der Waals surface area contributed by atoms with E-state index in [1.54, 1.807) is 6.07 Å². The van der Waals surface area contributed by atoms with Crippen LogP contribution in [-0.4, -0.2) is 13.7 Å². The first-order valence-electron chi connectivity index (χ1n) is 3.42. The van der Waals surface area contributed by atoms with Gasteiger partial charge in [-0.3, -0.25) is 4.21 Å². The molecule has 1 heterocycles. The molecule has 1 atom stereocenters. The molecule has 0 spiro atoms. The van der Waals surface area contributed by atoms with E-state index < -0.39 is 11.1 Å². The molecule has 0 aliphatic carbocycles. The lowest BCUT2D eigenvalue weighted by Gasteiger charge is -2.02. The molecule has 2 N–H and O–H groups in total. The van der Waals surface area contributed by atoms with Gasteiger partial charge in [0.1, 0.15) is 5.52 Å². The topological polar surface area (TPSA) is 92.2 Å². The van der Waals surface area contributed by atoms with Crippen LogP contribution in [0.5, 0.6) is 0 Å². The number of fused-ring (bicyclic) bond motifs is 1. The molecular weight excluding hydrogens is 192 g/mol. The van der Waals surface area contributed by atoms with Gasteiger partial charge in [-0.05, 0) is 29.3 Å². The highest BCUT2D eigenvalue weighted by Gasteiger charge is 2.03. The molecule has 0 bridgehead atoms.